The molecule has 1 N–H and O–H groups in total. The standard InChI is InChI=1S/C13H10ClFN2S/c14-10-4-1-5-11(15)13(10)12(7-16)17-8-9-3-2-6-18-9/h1-6,12,17H,8H2. The smallest absolute Gasteiger partial charge is 0.130 e. The molecule has 5 heteroatoms. The molecular formula is C13H10ClFN2S. The van der Waals surface area contributed by atoms with Crippen molar-refractivity contribution in [1.29, 1.82) is 5.26 Å². The third kappa shape index (κ3) is 2.88. The summed E-state index contributed by atoms with van der Waals surface area (Å²) in [6, 6.07) is 9.57. The zero-order chi connectivity index (χ0) is 13.0. The average molecular weight is 281 g/mol. The van der Waals surface area contributed by atoms with E-state index in [9.17, 15) is 4.39 Å². The number of halogens is 2. The molecule has 0 saturated carbocycles. The highest BCUT2D eigenvalue weighted by Crippen LogP contribution is 2.26. The van der Waals surface area contributed by atoms with Gasteiger partial charge >= 0.3 is 0 Å². The largest absolute Gasteiger partial charge is 0.293 e. The maximum atomic E-state index is 13.7. The predicted molar refractivity (Wildman–Crippen MR) is 70.9 cm³/mol. The third-order valence-electron chi connectivity index (χ3n) is 2.48. The number of hydrogen-bond acceptors (Lipinski definition) is 3. The summed E-state index contributed by atoms with van der Waals surface area (Å²) in [5.74, 6) is -0.465. The Labute approximate surface area is 114 Å². The predicted octanol–water partition coefficient (Wildman–Crippen LogP) is 3.90. The molecule has 2 rings (SSSR count). The molecule has 1 aromatic heterocycles. The summed E-state index contributed by atoms with van der Waals surface area (Å²) in [5, 5.41) is 14.3. The Bertz CT molecular complexity index is 543. The summed E-state index contributed by atoms with van der Waals surface area (Å²) in [5.41, 5.74) is 0.207. The third-order valence-corrected chi connectivity index (χ3v) is 3.68. The van der Waals surface area contributed by atoms with Crippen molar-refractivity contribution in [2.24, 2.45) is 0 Å². The van der Waals surface area contributed by atoms with Gasteiger partial charge in [0.15, 0.2) is 0 Å². The van der Waals surface area contributed by atoms with Gasteiger partial charge in [-0.1, -0.05) is 23.7 Å². The maximum absolute atomic E-state index is 13.7. The Hall–Kier alpha value is -1.41. The van der Waals surface area contributed by atoms with Crippen LogP contribution < -0.4 is 5.32 Å². The number of hydrogen-bond donors (Lipinski definition) is 1. The molecule has 1 atom stereocenters. The first-order valence-corrected chi connectivity index (χ1v) is 6.57. The highest BCUT2D eigenvalue weighted by molar-refractivity contribution is 7.09. The number of thiophene rings is 1. The number of rotatable bonds is 4. The van der Waals surface area contributed by atoms with E-state index in [0.29, 0.717) is 6.54 Å². The lowest BCUT2D eigenvalue weighted by molar-refractivity contribution is 0.564. The van der Waals surface area contributed by atoms with Crippen LogP contribution in [0.25, 0.3) is 0 Å². The SMILES string of the molecule is N#CC(NCc1cccs1)c1c(F)cccc1Cl. The Kier molecular flexibility index (Phi) is 4.32. The Morgan fingerprint density at radius 2 is 2.22 bits per heavy atom. The van der Waals surface area contributed by atoms with Gasteiger partial charge in [0.05, 0.1) is 6.07 Å². The van der Waals surface area contributed by atoms with Crippen LogP contribution in [0, 0.1) is 17.1 Å². The van der Waals surface area contributed by atoms with E-state index in [1.807, 2.05) is 23.6 Å². The first kappa shape index (κ1) is 13.0. The van der Waals surface area contributed by atoms with E-state index in [1.54, 1.807) is 17.4 Å². The lowest BCUT2D eigenvalue weighted by Gasteiger charge is -2.13. The molecule has 0 aliphatic carbocycles. The van der Waals surface area contributed by atoms with E-state index in [4.69, 9.17) is 16.9 Å². The second-order valence-corrected chi connectivity index (χ2v) is 5.10. The van der Waals surface area contributed by atoms with Gasteiger partial charge in [-0.15, -0.1) is 11.3 Å². The van der Waals surface area contributed by atoms with Crippen LogP contribution in [0.5, 0.6) is 0 Å². The van der Waals surface area contributed by atoms with Crippen LogP contribution in [0.1, 0.15) is 16.5 Å². The summed E-state index contributed by atoms with van der Waals surface area (Å²) in [4.78, 5) is 1.09. The van der Waals surface area contributed by atoms with Crippen LogP contribution in [0.3, 0.4) is 0 Å². The molecule has 0 aliphatic rings. The average Bonchev–Trinajstić information content (AvgIpc) is 2.86. The number of nitrogens with zero attached hydrogens (tertiary/aromatic N) is 1. The highest BCUT2D eigenvalue weighted by atomic mass is 35.5. The molecule has 2 aromatic rings. The second-order valence-electron chi connectivity index (χ2n) is 3.66. The number of nitrogens with one attached hydrogen (secondary N) is 1. The zero-order valence-corrected chi connectivity index (χ0v) is 10.9. The fourth-order valence-electron chi connectivity index (χ4n) is 1.61. The van der Waals surface area contributed by atoms with Gasteiger partial charge in [-0.05, 0) is 23.6 Å². The van der Waals surface area contributed by atoms with Gasteiger partial charge in [-0.3, -0.25) is 5.32 Å². The molecule has 0 fully saturated rings. The minimum Gasteiger partial charge on any atom is -0.293 e. The zero-order valence-electron chi connectivity index (χ0n) is 9.36. The van der Waals surface area contributed by atoms with Gasteiger partial charge in [-0.2, -0.15) is 5.26 Å². The van der Waals surface area contributed by atoms with Crippen molar-refractivity contribution in [3.63, 3.8) is 0 Å². The first-order valence-electron chi connectivity index (χ1n) is 5.31. The van der Waals surface area contributed by atoms with Gasteiger partial charge in [0.25, 0.3) is 0 Å². The Balaban J connectivity index is 2.16. The molecule has 0 bridgehead atoms. The van der Waals surface area contributed by atoms with Gasteiger partial charge in [0.2, 0.25) is 0 Å². The molecule has 0 amide bonds. The molecule has 2 nitrogen and oxygen atoms in total. The molecule has 1 aromatic carbocycles. The van der Waals surface area contributed by atoms with Crippen molar-refractivity contribution < 1.29 is 4.39 Å². The van der Waals surface area contributed by atoms with Gasteiger partial charge < -0.3 is 0 Å². The monoisotopic (exact) mass is 280 g/mol. The summed E-state index contributed by atoms with van der Waals surface area (Å²) in [6.07, 6.45) is 0. The molecule has 0 aliphatic heterocycles. The fourth-order valence-corrected chi connectivity index (χ4v) is 2.54. The molecule has 1 unspecified atom stereocenters. The normalized spacial score (nSPS) is 12.1. The van der Waals surface area contributed by atoms with Crippen LogP contribution in [0.15, 0.2) is 35.7 Å². The van der Waals surface area contributed by atoms with Gasteiger partial charge in [0.1, 0.15) is 11.9 Å². The van der Waals surface area contributed by atoms with Crippen molar-refractivity contribution in [2.45, 2.75) is 12.6 Å². The van der Waals surface area contributed by atoms with Gasteiger partial charge in [-0.25, -0.2) is 4.39 Å². The topological polar surface area (TPSA) is 35.8 Å². The van der Waals surface area contributed by atoms with Crippen molar-refractivity contribution in [3.8, 4) is 6.07 Å². The molecule has 18 heavy (non-hydrogen) atoms. The fraction of sp³-hybridized carbons (Fsp3) is 0.154. The van der Waals surface area contributed by atoms with E-state index in [-0.39, 0.29) is 10.6 Å². The minimum absolute atomic E-state index is 0.207. The second kappa shape index (κ2) is 5.96. The summed E-state index contributed by atoms with van der Waals surface area (Å²) in [7, 11) is 0. The summed E-state index contributed by atoms with van der Waals surface area (Å²) < 4.78 is 13.7. The van der Waals surface area contributed by atoms with Crippen LogP contribution in [-0.2, 0) is 6.54 Å². The summed E-state index contributed by atoms with van der Waals surface area (Å²) >= 11 is 7.52. The van der Waals surface area contributed by atoms with Crippen LogP contribution >= 0.6 is 22.9 Å². The van der Waals surface area contributed by atoms with Crippen molar-refractivity contribution in [2.75, 3.05) is 0 Å². The number of nitriles is 1. The Morgan fingerprint density at radius 3 is 2.83 bits per heavy atom. The highest BCUT2D eigenvalue weighted by Gasteiger charge is 2.18. The van der Waals surface area contributed by atoms with E-state index in [0.717, 1.165) is 4.88 Å². The minimum atomic E-state index is -0.749. The summed E-state index contributed by atoms with van der Waals surface area (Å²) in [6.45, 7) is 0.514. The Morgan fingerprint density at radius 1 is 1.39 bits per heavy atom. The van der Waals surface area contributed by atoms with E-state index < -0.39 is 11.9 Å². The molecule has 0 saturated heterocycles. The van der Waals surface area contributed by atoms with E-state index in [2.05, 4.69) is 5.32 Å². The molecular weight excluding hydrogens is 271 g/mol. The molecule has 0 spiro atoms. The van der Waals surface area contributed by atoms with Crippen LogP contribution in [0.2, 0.25) is 5.02 Å². The molecule has 1 heterocycles. The maximum Gasteiger partial charge on any atom is 0.130 e. The van der Waals surface area contributed by atoms with E-state index in [1.165, 1.54) is 12.1 Å². The van der Waals surface area contributed by atoms with Crippen LogP contribution in [-0.4, -0.2) is 0 Å². The molecule has 0 radical (unpaired) electrons. The lowest BCUT2D eigenvalue weighted by atomic mass is 10.1. The molecule has 92 valence electrons. The van der Waals surface area contributed by atoms with Crippen LogP contribution in [0.4, 0.5) is 4.39 Å². The van der Waals surface area contributed by atoms with Crippen molar-refractivity contribution >= 4 is 22.9 Å². The van der Waals surface area contributed by atoms with Gasteiger partial charge in [0, 0.05) is 22.0 Å². The number of benzene rings is 1. The van der Waals surface area contributed by atoms with Crippen molar-refractivity contribution in [1.82, 2.24) is 5.32 Å². The van der Waals surface area contributed by atoms with E-state index >= 15 is 0 Å². The lowest BCUT2D eigenvalue weighted by Crippen LogP contribution is -2.20. The quantitative estimate of drug-likeness (QED) is 0.922. The van der Waals surface area contributed by atoms with Crippen molar-refractivity contribution in [3.05, 3.63) is 57.0 Å². The first-order chi connectivity index (χ1) is 8.72.